The summed E-state index contributed by atoms with van der Waals surface area (Å²) in [6.45, 7) is 4.28. The molecule has 3 heterocycles. The molecular weight excluding hydrogens is 382 g/mol. The number of hydrogen-bond donors (Lipinski definition) is 0. The van der Waals surface area contributed by atoms with Crippen LogP contribution in [-0.2, 0) is 9.59 Å². The molecule has 4 rings (SSSR count). The first-order valence-corrected chi connectivity index (χ1v) is 10.0. The number of piperazine rings is 1. The highest BCUT2D eigenvalue weighted by Gasteiger charge is 2.41. The van der Waals surface area contributed by atoms with E-state index in [1.54, 1.807) is 4.90 Å². The number of benzene rings is 1. The third-order valence-corrected chi connectivity index (χ3v) is 6.27. The lowest BCUT2D eigenvalue weighted by Crippen LogP contribution is -2.57. The predicted molar refractivity (Wildman–Crippen MR) is 100 cm³/mol. The van der Waals surface area contributed by atoms with Crippen molar-refractivity contribution in [3.63, 3.8) is 0 Å². The van der Waals surface area contributed by atoms with Gasteiger partial charge in [-0.2, -0.15) is 0 Å². The highest BCUT2D eigenvalue weighted by molar-refractivity contribution is 9.10. The Balaban J connectivity index is 1.43. The van der Waals surface area contributed by atoms with Crippen LogP contribution in [0.3, 0.4) is 0 Å². The maximum Gasteiger partial charge on any atom is 0.239 e. The van der Waals surface area contributed by atoms with Crippen molar-refractivity contribution in [2.45, 2.75) is 31.7 Å². The number of halogens is 1. The standard InChI is InChI=1S/C19H24BrN3O2/c20-14-4-3-6-15(12-14)23-9-7-17(19(23)25)18(24)22-11-10-21-8-2-1-5-16(21)13-22/h3-4,6,12,16-17H,1-2,5,7-11,13H2/t16-,17+/m1/s1. The highest BCUT2D eigenvalue weighted by Crippen LogP contribution is 2.29. The first-order chi connectivity index (χ1) is 12.1. The number of carbonyl (C=O) groups is 2. The van der Waals surface area contributed by atoms with E-state index in [0.717, 1.165) is 36.3 Å². The summed E-state index contributed by atoms with van der Waals surface area (Å²) < 4.78 is 0.945. The second-order valence-corrected chi connectivity index (χ2v) is 8.20. The van der Waals surface area contributed by atoms with Crippen LogP contribution in [0.4, 0.5) is 5.69 Å². The minimum absolute atomic E-state index is 0.0349. The van der Waals surface area contributed by atoms with Crippen molar-refractivity contribution in [3.8, 4) is 0 Å². The molecule has 25 heavy (non-hydrogen) atoms. The predicted octanol–water partition coefficient (Wildman–Crippen LogP) is 2.50. The molecule has 0 spiro atoms. The van der Waals surface area contributed by atoms with E-state index in [9.17, 15) is 9.59 Å². The van der Waals surface area contributed by atoms with Gasteiger partial charge in [0.25, 0.3) is 0 Å². The summed E-state index contributed by atoms with van der Waals surface area (Å²) in [6, 6.07) is 8.21. The van der Waals surface area contributed by atoms with Crippen molar-refractivity contribution in [1.29, 1.82) is 0 Å². The Kier molecular flexibility index (Phi) is 4.82. The second kappa shape index (κ2) is 7.08. The van der Waals surface area contributed by atoms with Gasteiger partial charge in [-0.05, 0) is 44.0 Å². The summed E-state index contributed by atoms with van der Waals surface area (Å²) in [7, 11) is 0. The van der Waals surface area contributed by atoms with Crippen molar-refractivity contribution in [1.82, 2.24) is 9.80 Å². The summed E-state index contributed by atoms with van der Waals surface area (Å²) in [4.78, 5) is 32.0. The van der Waals surface area contributed by atoms with Crippen LogP contribution in [0.1, 0.15) is 25.7 Å². The molecule has 2 atom stereocenters. The molecule has 1 aromatic carbocycles. The Morgan fingerprint density at radius 2 is 1.96 bits per heavy atom. The van der Waals surface area contributed by atoms with Gasteiger partial charge < -0.3 is 9.80 Å². The third kappa shape index (κ3) is 3.34. The molecule has 3 saturated heterocycles. The first-order valence-electron chi connectivity index (χ1n) is 9.23. The topological polar surface area (TPSA) is 43.9 Å². The van der Waals surface area contributed by atoms with Crippen LogP contribution in [0.25, 0.3) is 0 Å². The van der Waals surface area contributed by atoms with Gasteiger partial charge >= 0.3 is 0 Å². The van der Waals surface area contributed by atoms with Gasteiger partial charge in [0.1, 0.15) is 5.92 Å². The Morgan fingerprint density at radius 1 is 1.08 bits per heavy atom. The van der Waals surface area contributed by atoms with Crippen LogP contribution in [0, 0.1) is 5.92 Å². The first kappa shape index (κ1) is 17.0. The van der Waals surface area contributed by atoms with E-state index in [4.69, 9.17) is 0 Å². The van der Waals surface area contributed by atoms with Crippen molar-refractivity contribution in [2.24, 2.45) is 5.92 Å². The average molecular weight is 406 g/mol. The van der Waals surface area contributed by atoms with E-state index in [0.29, 0.717) is 19.0 Å². The molecule has 2 amide bonds. The Bertz CT molecular complexity index is 680. The molecule has 0 radical (unpaired) electrons. The summed E-state index contributed by atoms with van der Waals surface area (Å²) in [5.41, 5.74) is 0.867. The molecular formula is C19H24BrN3O2. The average Bonchev–Trinajstić information content (AvgIpc) is 3.02. The molecule has 134 valence electrons. The molecule has 3 aliphatic heterocycles. The molecule has 0 bridgehead atoms. The minimum Gasteiger partial charge on any atom is -0.339 e. The summed E-state index contributed by atoms with van der Waals surface area (Å²) in [5, 5.41) is 0. The summed E-state index contributed by atoms with van der Waals surface area (Å²) >= 11 is 3.45. The maximum absolute atomic E-state index is 13.0. The molecule has 0 saturated carbocycles. The van der Waals surface area contributed by atoms with E-state index >= 15 is 0 Å². The smallest absolute Gasteiger partial charge is 0.239 e. The zero-order valence-corrected chi connectivity index (χ0v) is 16.0. The Morgan fingerprint density at radius 3 is 2.80 bits per heavy atom. The van der Waals surface area contributed by atoms with Crippen LogP contribution in [0.15, 0.2) is 28.7 Å². The fraction of sp³-hybridized carbons (Fsp3) is 0.579. The van der Waals surface area contributed by atoms with Crippen LogP contribution in [0.5, 0.6) is 0 Å². The number of fused-ring (bicyclic) bond motifs is 1. The molecule has 1 aromatic rings. The molecule has 0 aliphatic carbocycles. The molecule has 0 N–H and O–H groups in total. The van der Waals surface area contributed by atoms with E-state index in [2.05, 4.69) is 20.8 Å². The Hall–Kier alpha value is -1.40. The van der Waals surface area contributed by atoms with Crippen molar-refractivity contribution in [3.05, 3.63) is 28.7 Å². The highest BCUT2D eigenvalue weighted by atomic mass is 79.9. The molecule has 3 aliphatic rings. The van der Waals surface area contributed by atoms with Crippen LogP contribution >= 0.6 is 15.9 Å². The van der Waals surface area contributed by atoms with Crippen molar-refractivity contribution >= 4 is 33.4 Å². The summed E-state index contributed by atoms with van der Waals surface area (Å²) in [5.74, 6) is -0.518. The van der Waals surface area contributed by atoms with E-state index in [1.807, 2.05) is 29.2 Å². The number of nitrogens with zero attached hydrogens (tertiary/aromatic N) is 3. The number of rotatable bonds is 2. The van der Waals surface area contributed by atoms with Crippen LogP contribution in [-0.4, -0.2) is 60.4 Å². The van der Waals surface area contributed by atoms with Gasteiger partial charge in [0, 0.05) is 42.4 Å². The quantitative estimate of drug-likeness (QED) is 0.709. The van der Waals surface area contributed by atoms with E-state index in [-0.39, 0.29) is 11.8 Å². The molecule has 0 unspecified atom stereocenters. The van der Waals surface area contributed by atoms with Gasteiger partial charge in [-0.15, -0.1) is 0 Å². The lowest BCUT2D eigenvalue weighted by Gasteiger charge is -2.44. The van der Waals surface area contributed by atoms with Gasteiger partial charge in [-0.25, -0.2) is 0 Å². The SMILES string of the molecule is O=C([C@@H]1CCN(c2cccc(Br)c2)C1=O)N1CCN2CCCC[C@@H]2C1. The number of amides is 2. The normalized spacial score (nSPS) is 27.5. The van der Waals surface area contributed by atoms with E-state index in [1.165, 1.54) is 19.3 Å². The maximum atomic E-state index is 13.0. The van der Waals surface area contributed by atoms with Gasteiger partial charge in [-0.1, -0.05) is 28.4 Å². The number of hydrogen-bond acceptors (Lipinski definition) is 3. The molecule has 3 fully saturated rings. The van der Waals surface area contributed by atoms with Gasteiger partial charge in [0.2, 0.25) is 11.8 Å². The molecule has 5 nitrogen and oxygen atoms in total. The van der Waals surface area contributed by atoms with Crippen molar-refractivity contribution < 1.29 is 9.59 Å². The van der Waals surface area contributed by atoms with Crippen molar-refractivity contribution in [2.75, 3.05) is 37.6 Å². The zero-order chi connectivity index (χ0) is 17.4. The Labute approximate surface area is 157 Å². The number of piperidine rings is 1. The zero-order valence-electron chi connectivity index (χ0n) is 14.4. The fourth-order valence-corrected chi connectivity index (χ4v) is 4.77. The number of carbonyl (C=O) groups excluding carboxylic acids is 2. The van der Waals surface area contributed by atoms with Gasteiger partial charge in [0.15, 0.2) is 0 Å². The minimum atomic E-state index is -0.505. The van der Waals surface area contributed by atoms with Gasteiger partial charge in [0.05, 0.1) is 0 Å². The van der Waals surface area contributed by atoms with Gasteiger partial charge in [-0.3, -0.25) is 14.5 Å². The lowest BCUT2D eigenvalue weighted by atomic mass is 9.98. The molecule has 6 heteroatoms. The van der Waals surface area contributed by atoms with E-state index < -0.39 is 5.92 Å². The largest absolute Gasteiger partial charge is 0.339 e. The number of anilines is 1. The summed E-state index contributed by atoms with van der Waals surface area (Å²) in [6.07, 6.45) is 4.32. The van der Waals surface area contributed by atoms with Crippen LogP contribution < -0.4 is 4.90 Å². The monoisotopic (exact) mass is 405 g/mol. The van der Waals surface area contributed by atoms with Crippen LogP contribution in [0.2, 0.25) is 0 Å². The fourth-order valence-electron chi connectivity index (χ4n) is 4.39. The third-order valence-electron chi connectivity index (χ3n) is 5.77. The molecule has 0 aromatic heterocycles. The lowest BCUT2D eigenvalue weighted by molar-refractivity contribution is -0.142. The second-order valence-electron chi connectivity index (χ2n) is 7.28.